The number of amides is 1. The first-order chi connectivity index (χ1) is 9.93. The van der Waals surface area contributed by atoms with Crippen LogP contribution in [0.3, 0.4) is 0 Å². The second kappa shape index (κ2) is 5.95. The van der Waals surface area contributed by atoms with E-state index in [1.54, 1.807) is 13.8 Å². The van der Waals surface area contributed by atoms with Gasteiger partial charge in [0.1, 0.15) is 11.4 Å². The van der Waals surface area contributed by atoms with Crippen LogP contribution in [0.25, 0.3) is 11.0 Å². The second-order valence-corrected chi connectivity index (χ2v) is 4.64. The summed E-state index contributed by atoms with van der Waals surface area (Å²) in [6.07, 6.45) is -0.929. The quantitative estimate of drug-likeness (QED) is 0.880. The molecule has 1 heterocycles. The lowest BCUT2D eigenvalue weighted by atomic mass is 10.1. The van der Waals surface area contributed by atoms with Crippen molar-refractivity contribution in [1.29, 1.82) is 0 Å². The first-order valence-electron chi connectivity index (χ1n) is 6.61. The number of hydrogen-bond acceptors (Lipinski definition) is 4. The summed E-state index contributed by atoms with van der Waals surface area (Å²) in [7, 11) is 0. The summed E-state index contributed by atoms with van der Waals surface area (Å²) in [5, 5.41) is 3.06. The van der Waals surface area contributed by atoms with Crippen LogP contribution in [0.4, 0.5) is 4.39 Å². The van der Waals surface area contributed by atoms with Crippen molar-refractivity contribution in [1.82, 2.24) is 5.32 Å². The molecule has 5 nitrogen and oxygen atoms in total. The second-order valence-electron chi connectivity index (χ2n) is 4.64. The highest BCUT2D eigenvalue weighted by molar-refractivity contribution is 5.97. The number of aryl methyl sites for hydroxylation is 1. The van der Waals surface area contributed by atoms with Gasteiger partial charge in [-0.1, -0.05) is 0 Å². The van der Waals surface area contributed by atoms with Gasteiger partial charge in [-0.2, -0.15) is 0 Å². The molecule has 0 aliphatic carbocycles. The number of carbonyl (C=O) groups is 2. The molecule has 0 saturated heterocycles. The van der Waals surface area contributed by atoms with E-state index in [1.807, 2.05) is 0 Å². The van der Waals surface area contributed by atoms with E-state index in [1.165, 1.54) is 25.1 Å². The minimum absolute atomic E-state index is 0.0215. The lowest BCUT2D eigenvalue weighted by molar-refractivity contribution is -0.129. The number of ether oxygens (including phenoxy) is 1. The maximum Gasteiger partial charge on any atom is 0.375 e. The third-order valence-electron chi connectivity index (χ3n) is 3.09. The summed E-state index contributed by atoms with van der Waals surface area (Å²) in [5.74, 6) is -1.57. The van der Waals surface area contributed by atoms with Crippen molar-refractivity contribution in [2.24, 2.45) is 0 Å². The van der Waals surface area contributed by atoms with Crippen molar-refractivity contribution in [3.63, 3.8) is 0 Å². The molecule has 0 radical (unpaired) electrons. The molecule has 0 aliphatic rings. The summed E-state index contributed by atoms with van der Waals surface area (Å²) in [6.45, 7) is 5.33. The Balaban J connectivity index is 2.24. The Bertz CT molecular complexity index is 692. The van der Waals surface area contributed by atoms with Gasteiger partial charge in [-0.05, 0) is 39.0 Å². The number of esters is 1. The molecule has 6 heteroatoms. The lowest BCUT2D eigenvalue weighted by Gasteiger charge is -2.11. The molecular weight excluding hydrogens is 277 g/mol. The molecule has 0 aliphatic heterocycles. The summed E-state index contributed by atoms with van der Waals surface area (Å²) in [4.78, 5) is 23.6. The number of rotatable bonds is 4. The minimum atomic E-state index is -0.929. The van der Waals surface area contributed by atoms with Crippen LogP contribution in [0.5, 0.6) is 0 Å². The Morgan fingerprint density at radius 1 is 1.43 bits per heavy atom. The van der Waals surface area contributed by atoms with Crippen molar-refractivity contribution in [2.45, 2.75) is 26.9 Å². The topological polar surface area (TPSA) is 68.5 Å². The summed E-state index contributed by atoms with van der Waals surface area (Å²) in [5.41, 5.74) is 0.879. The van der Waals surface area contributed by atoms with E-state index in [2.05, 4.69) is 5.32 Å². The Hall–Kier alpha value is -2.37. The molecule has 1 amide bonds. The first-order valence-corrected chi connectivity index (χ1v) is 6.61. The Morgan fingerprint density at radius 3 is 2.81 bits per heavy atom. The molecule has 0 spiro atoms. The van der Waals surface area contributed by atoms with Gasteiger partial charge in [0.05, 0.1) is 0 Å². The zero-order valence-corrected chi connectivity index (χ0v) is 12.0. The smallest absolute Gasteiger partial charge is 0.375 e. The number of benzene rings is 1. The Kier molecular flexibility index (Phi) is 4.26. The lowest BCUT2D eigenvalue weighted by Crippen LogP contribution is -2.35. The van der Waals surface area contributed by atoms with Crippen molar-refractivity contribution in [3.8, 4) is 0 Å². The molecule has 2 rings (SSSR count). The van der Waals surface area contributed by atoms with Crippen LogP contribution in [-0.2, 0) is 9.53 Å². The number of likely N-dealkylation sites (N-methyl/N-ethyl adjacent to an activating group) is 1. The molecule has 0 unspecified atom stereocenters. The molecular formula is C15H16FNO4. The number of furan rings is 1. The standard InChI is InChI=1S/C15H16FNO4/c1-4-17-14(18)9(3)20-15(19)13-8(2)11-7-10(16)5-6-12(11)21-13/h5-7,9H,4H2,1-3H3,(H,17,18)/t9-/m1/s1. The SMILES string of the molecule is CCNC(=O)[C@@H](C)OC(=O)c1oc2ccc(F)cc2c1C. The average molecular weight is 293 g/mol. The van der Waals surface area contributed by atoms with Gasteiger partial charge in [-0.25, -0.2) is 9.18 Å². The van der Waals surface area contributed by atoms with Crippen LogP contribution in [0.1, 0.15) is 30.0 Å². The van der Waals surface area contributed by atoms with E-state index < -0.39 is 17.9 Å². The monoisotopic (exact) mass is 293 g/mol. The molecule has 0 bridgehead atoms. The van der Waals surface area contributed by atoms with Crippen LogP contribution in [0.15, 0.2) is 22.6 Å². The van der Waals surface area contributed by atoms with Gasteiger partial charge in [0.25, 0.3) is 5.91 Å². The molecule has 2 aromatic rings. The van der Waals surface area contributed by atoms with E-state index in [0.717, 1.165) is 0 Å². The number of hydrogen-bond donors (Lipinski definition) is 1. The van der Waals surface area contributed by atoms with Crippen LogP contribution >= 0.6 is 0 Å². The van der Waals surface area contributed by atoms with Crippen molar-refractivity contribution in [2.75, 3.05) is 6.54 Å². The molecule has 1 N–H and O–H groups in total. The number of carbonyl (C=O) groups excluding carboxylic acids is 2. The van der Waals surface area contributed by atoms with Crippen LogP contribution < -0.4 is 5.32 Å². The fraction of sp³-hybridized carbons (Fsp3) is 0.333. The highest BCUT2D eigenvalue weighted by Gasteiger charge is 2.24. The summed E-state index contributed by atoms with van der Waals surface area (Å²) >= 11 is 0. The fourth-order valence-electron chi connectivity index (χ4n) is 1.97. The zero-order chi connectivity index (χ0) is 15.6. The number of halogens is 1. The van der Waals surface area contributed by atoms with Crippen LogP contribution in [0, 0.1) is 12.7 Å². The van der Waals surface area contributed by atoms with Crippen LogP contribution in [-0.4, -0.2) is 24.5 Å². The summed E-state index contributed by atoms with van der Waals surface area (Å²) < 4.78 is 23.7. The molecule has 1 atom stereocenters. The minimum Gasteiger partial charge on any atom is -0.449 e. The first kappa shape index (κ1) is 15.0. The number of nitrogens with one attached hydrogen (secondary N) is 1. The molecule has 21 heavy (non-hydrogen) atoms. The highest BCUT2D eigenvalue weighted by atomic mass is 19.1. The fourth-order valence-corrected chi connectivity index (χ4v) is 1.97. The van der Waals surface area contributed by atoms with E-state index in [0.29, 0.717) is 23.1 Å². The predicted octanol–water partition coefficient (Wildman–Crippen LogP) is 2.56. The van der Waals surface area contributed by atoms with Crippen LogP contribution in [0.2, 0.25) is 0 Å². The molecule has 1 aromatic carbocycles. The number of fused-ring (bicyclic) bond motifs is 1. The largest absolute Gasteiger partial charge is 0.449 e. The Labute approximate surface area is 121 Å². The van der Waals surface area contributed by atoms with Crippen molar-refractivity contribution >= 4 is 22.8 Å². The third-order valence-corrected chi connectivity index (χ3v) is 3.09. The van der Waals surface area contributed by atoms with E-state index in [-0.39, 0.29) is 11.7 Å². The normalized spacial score (nSPS) is 12.2. The summed E-state index contributed by atoms with van der Waals surface area (Å²) in [6, 6.07) is 3.98. The predicted molar refractivity (Wildman–Crippen MR) is 74.5 cm³/mol. The maximum atomic E-state index is 13.2. The molecule has 112 valence electrons. The molecule has 1 aromatic heterocycles. The van der Waals surface area contributed by atoms with Gasteiger partial charge >= 0.3 is 5.97 Å². The van der Waals surface area contributed by atoms with E-state index in [9.17, 15) is 14.0 Å². The van der Waals surface area contributed by atoms with Gasteiger partial charge < -0.3 is 14.5 Å². The van der Waals surface area contributed by atoms with Crippen molar-refractivity contribution < 1.29 is 23.1 Å². The molecule has 0 fully saturated rings. The van der Waals surface area contributed by atoms with Gasteiger partial charge in [0, 0.05) is 17.5 Å². The third kappa shape index (κ3) is 3.04. The average Bonchev–Trinajstić information content (AvgIpc) is 2.76. The van der Waals surface area contributed by atoms with Gasteiger partial charge in [-0.15, -0.1) is 0 Å². The van der Waals surface area contributed by atoms with Gasteiger partial charge in [0.15, 0.2) is 6.10 Å². The maximum absolute atomic E-state index is 13.2. The van der Waals surface area contributed by atoms with E-state index in [4.69, 9.17) is 9.15 Å². The zero-order valence-electron chi connectivity index (χ0n) is 12.0. The van der Waals surface area contributed by atoms with Gasteiger partial charge in [-0.3, -0.25) is 4.79 Å². The highest BCUT2D eigenvalue weighted by Crippen LogP contribution is 2.26. The van der Waals surface area contributed by atoms with Crippen molar-refractivity contribution in [3.05, 3.63) is 35.3 Å². The molecule has 0 saturated carbocycles. The Morgan fingerprint density at radius 2 is 2.14 bits per heavy atom. The van der Waals surface area contributed by atoms with Gasteiger partial charge in [0.2, 0.25) is 5.76 Å². The van der Waals surface area contributed by atoms with E-state index >= 15 is 0 Å².